The molecule has 0 amide bonds. The van der Waals surface area contributed by atoms with E-state index in [-0.39, 0.29) is 0 Å². The maximum absolute atomic E-state index is 6.67. The Bertz CT molecular complexity index is 854. The predicted octanol–water partition coefficient (Wildman–Crippen LogP) is 0.643. The highest BCUT2D eigenvalue weighted by Crippen LogP contribution is 2.25. The molecule has 1 fully saturated rings. The fourth-order valence-corrected chi connectivity index (χ4v) is 3.38. The molecule has 1 aromatic carbocycles. The molecule has 1 unspecified atom stereocenters. The van der Waals surface area contributed by atoms with Gasteiger partial charge in [-0.05, 0) is 13.0 Å². The van der Waals surface area contributed by atoms with Gasteiger partial charge < -0.3 is 15.4 Å². The molecule has 0 aliphatic carbocycles. The second-order valence-electron chi connectivity index (χ2n) is 7.15. The molecule has 148 valence electrons. The molecule has 1 atom stereocenters. The second kappa shape index (κ2) is 8.14. The summed E-state index contributed by atoms with van der Waals surface area (Å²) in [6.07, 6.45) is 1.90. The van der Waals surface area contributed by atoms with Crippen LogP contribution < -0.4 is 16.4 Å². The number of ether oxygens (including phenoxy) is 1. The van der Waals surface area contributed by atoms with E-state index in [0.29, 0.717) is 5.69 Å². The van der Waals surface area contributed by atoms with Crippen LogP contribution in [0.5, 0.6) is 0 Å². The average molecular weight is 381 g/mol. The third-order valence-electron chi connectivity index (χ3n) is 4.92. The van der Waals surface area contributed by atoms with Crippen molar-refractivity contribution < 1.29 is 4.74 Å². The molecule has 0 radical (unpaired) electrons. The zero-order valence-electron chi connectivity index (χ0n) is 16.1. The molecule has 1 aromatic heterocycles. The molecule has 0 bridgehead atoms. The normalized spacial score (nSPS) is 22.9. The van der Waals surface area contributed by atoms with Gasteiger partial charge in [0.25, 0.3) is 0 Å². The Hall–Kier alpha value is -2.68. The molecule has 8 heteroatoms. The number of rotatable bonds is 6. The van der Waals surface area contributed by atoms with E-state index in [4.69, 9.17) is 15.5 Å². The number of morpholine rings is 1. The van der Waals surface area contributed by atoms with Crippen LogP contribution in [0.4, 0.5) is 0 Å². The van der Waals surface area contributed by atoms with Crippen molar-refractivity contribution in [3.05, 3.63) is 65.2 Å². The molecular formula is C20H27N7O. The highest BCUT2D eigenvalue weighted by atomic mass is 16.5. The van der Waals surface area contributed by atoms with Crippen LogP contribution in [0.2, 0.25) is 0 Å². The van der Waals surface area contributed by atoms with Crippen LogP contribution >= 0.6 is 0 Å². The van der Waals surface area contributed by atoms with Gasteiger partial charge in [0.2, 0.25) is 0 Å². The van der Waals surface area contributed by atoms with Crippen molar-refractivity contribution in [3.8, 4) is 0 Å². The number of nitrogens with one attached hydrogen (secondary N) is 3. The van der Waals surface area contributed by atoms with Gasteiger partial charge in [0.1, 0.15) is 17.4 Å². The minimum absolute atomic E-state index is 0.687. The van der Waals surface area contributed by atoms with Crippen LogP contribution in [0.1, 0.15) is 17.0 Å². The van der Waals surface area contributed by atoms with Crippen molar-refractivity contribution in [2.24, 2.45) is 10.7 Å². The van der Waals surface area contributed by atoms with Crippen LogP contribution in [0.25, 0.3) is 0 Å². The van der Waals surface area contributed by atoms with Crippen LogP contribution in [0.3, 0.4) is 0 Å². The highest BCUT2D eigenvalue weighted by Gasteiger charge is 2.32. The van der Waals surface area contributed by atoms with E-state index in [2.05, 4.69) is 25.7 Å². The van der Waals surface area contributed by atoms with Crippen molar-refractivity contribution in [2.75, 3.05) is 39.4 Å². The monoisotopic (exact) mass is 381 g/mol. The minimum Gasteiger partial charge on any atom is -0.379 e. The van der Waals surface area contributed by atoms with Gasteiger partial charge in [-0.2, -0.15) is 5.10 Å². The summed E-state index contributed by atoms with van der Waals surface area (Å²) in [4.78, 5) is 7.16. The van der Waals surface area contributed by atoms with E-state index in [0.717, 1.165) is 62.3 Å². The Morgan fingerprint density at radius 1 is 1.25 bits per heavy atom. The largest absolute Gasteiger partial charge is 0.379 e. The Morgan fingerprint density at radius 3 is 2.75 bits per heavy atom. The molecule has 3 heterocycles. The summed E-state index contributed by atoms with van der Waals surface area (Å²) in [5, 5.41) is 14.2. The zero-order chi connectivity index (χ0) is 19.4. The smallest absolute Gasteiger partial charge is 0.177 e. The van der Waals surface area contributed by atoms with E-state index in [1.165, 1.54) is 0 Å². The first-order valence-electron chi connectivity index (χ1n) is 9.63. The molecule has 4 rings (SSSR count). The molecule has 2 aliphatic rings. The molecule has 2 aromatic rings. The molecule has 0 spiro atoms. The van der Waals surface area contributed by atoms with Gasteiger partial charge in [0.05, 0.1) is 13.2 Å². The standard InChI is InChI=1S/C20H27N7O/c1-15-13-17(26-25-15)20(21)14-18(22-7-8-27-9-11-28-12-10-27)23-19(24-20)16-5-3-2-4-6-16/h2-6,13-14,22H,7-12,21H2,1H3,(H,23,24)(H,25,26). The van der Waals surface area contributed by atoms with Crippen molar-refractivity contribution in [2.45, 2.75) is 12.6 Å². The third-order valence-corrected chi connectivity index (χ3v) is 4.92. The SMILES string of the molecule is Cc1cc(C2(N)C=C(NCCN3CCOCC3)NC(c3ccccc3)=N2)n[nH]1. The summed E-state index contributed by atoms with van der Waals surface area (Å²) in [5.41, 5.74) is 8.25. The second-order valence-corrected chi connectivity index (χ2v) is 7.15. The number of hydrogen-bond acceptors (Lipinski definition) is 7. The number of aromatic amines is 1. The van der Waals surface area contributed by atoms with Gasteiger partial charge in [0.15, 0.2) is 5.66 Å². The zero-order valence-corrected chi connectivity index (χ0v) is 16.1. The third kappa shape index (κ3) is 4.24. The Labute approximate surface area is 164 Å². The van der Waals surface area contributed by atoms with E-state index in [9.17, 15) is 0 Å². The fraction of sp³-hybridized carbons (Fsp3) is 0.400. The lowest BCUT2D eigenvalue weighted by atomic mass is 10.0. The summed E-state index contributed by atoms with van der Waals surface area (Å²) >= 11 is 0. The maximum Gasteiger partial charge on any atom is 0.177 e. The van der Waals surface area contributed by atoms with Gasteiger partial charge in [-0.15, -0.1) is 0 Å². The van der Waals surface area contributed by atoms with Crippen molar-refractivity contribution in [3.63, 3.8) is 0 Å². The number of aryl methyl sites for hydroxylation is 1. The number of H-pyrrole nitrogens is 1. The minimum atomic E-state index is -1.04. The number of benzene rings is 1. The number of aliphatic imine (C=N–C) groups is 1. The van der Waals surface area contributed by atoms with Gasteiger partial charge >= 0.3 is 0 Å². The number of nitrogens with two attached hydrogens (primary N) is 1. The first kappa shape index (κ1) is 18.7. The molecule has 1 saturated heterocycles. The molecule has 5 N–H and O–H groups in total. The number of aromatic nitrogens is 2. The number of hydrogen-bond donors (Lipinski definition) is 4. The van der Waals surface area contributed by atoms with E-state index >= 15 is 0 Å². The summed E-state index contributed by atoms with van der Waals surface area (Å²) in [5.74, 6) is 1.56. The van der Waals surface area contributed by atoms with Crippen molar-refractivity contribution in [1.29, 1.82) is 0 Å². The average Bonchev–Trinajstić information content (AvgIpc) is 3.17. The Kier molecular flexibility index (Phi) is 5.43. The quantitative estimate of drug-likeness (QED) is 0.586. The van der Waals surface area contributed by atoms with Crippen molar-refractivity contribution >= 4 is 5.84 Å². The topological polar surface area (TPSA) is 104 Å². The van der Waals surface area contributed by atoms with Crippen LogP contribution in [0.15, 0.2) is 53.3 Å². The lowest BCUT2D eigenvalue weighted by Crippen LogP contribution is -2.47. The lowest BCUT2D eigenvalue weighted by molar-refractivity contribution is 0.0386. The van der Waals surface area contributed by atoms with Crippen LogP contribution in [0, 0.1) is 6.92 Å². The van der Waals surface area contributed by atoms with Gasteiger partial charge in [-0.1, -0.05) is 30.3 Å². The summed E-state index contributed by atoms with van der Waals surface area (Å²) in [7, 11) is 0. The number of amidine groups is 1. The first-order chi connectivity index (χ1) is 13.6. The van der Waals surface area contributed by atoms with Crippen molar-refractivity contribution in [1.82, 2.24) is 25.7 Å². The molecule has 0 saturated carbocycles. The predicted molar refractivity (Wildman–Crippen MR) is 109 cm³/mol. The van der Waals surface area contributed by atoms with E-state index in [1.54, 1.807) is 0 Å². The highest BCUT2D eigenvalue weighted by molar-refractivity contribution is 6.00. The summed E-state index contributed by atoms with van der Waals surface area (Å²) in [6.45, 7) is 7.24. The molecular weight excluding hydrogens is 354 g/mol. The van der Waals surface area contributed by atoms with Gasteiger partial charge in [0, 0.05) is 43.5 Å². The summed E-state index contributed by atoms with van der Waals surface area (Å²) < 4.78 is 5.41. The molecule has 28 heavy (non-hydrogen) atoms. The van der Waals surface area contributed by atoms with Gasteiger partial charge in [-0.3, -0.25) is 15.7 Å². The molecule has 8 nitrogen and oxygen atoms in total. The summed E-state index contributed by atoms with van der Waals surface area (Å²) in [6, 6.07) is 11.9. The Morgan fingerprint density at radius 2 is 2.04 bits per heavy atom. The van der Waals surface area contributed by atoms with Gasteiger partial charge in [-0.25, -0.2) is 4.99 Å². The molecule has 2 aliphatic heterocycles. The van der Waals surface area contributed by atoms with Crippen LogP contribution in [-0.4, -0.2) is 60.3 Å². The lowest BCUT2D eigenvalue weighted by Gasteiger charge is -2.30. The van der Waals surface area contributed by atoms with Crippen LogP contribution in [-0.2, 0) is 10.4 Å². The van der Waals surface area contributed by atoms with E-state index < -0.39 is 5.66 Å². The number of nitrogens with zero attached hydrogens (tertiary/aromatic N) is 3. The first-order valence-corrected chi connectivity index (χ1v) is 9.63. The fourth-order valence-electron chi connectivity index (χ4n) is 3.38. The van der Waals surface area contributed by atoms with E-state index in [1.807, 2.05) is 49.4 Å². The Balaban J connectivity index is 1.53. The maximum atomic E-state index is 6.67.